The van der Waals surface area contributed by atoms with Gasteiger partial charge in [-0.15, -0.1) is 0 Å². The molecule has 0 amide bonds. The molecular weight excluding hydrogens is 288 g/mol. The summed E-state index contributed by atoms with van der Waals surface area (Å²) in [6.45, 7) is 0. The minimum Gasteiger partial charge on any atom is -0.497 e. The minimum atomic E-state index is -0.314. The van der Waals surface area contributed by atoms with Crippen molar-refractivity contribution < 1.29 is 4.74 Å². The third kappa shape index (κ3) is 2.45. The fourth-order valence-corrected chi connectivity index (χ4v) is 2.42. The van der Waals surface area contributed by atoms with E-state index in [0.29, 0.717) is 5.69 Å². The van der Waals surface area contributed by atoms with E-state index in [2.05, 4.69) is 5.10 Å². The van der Waals surface area contributed by atoms with Gasteiger partial charge in [0, 0.05) is 5.56 Å². The first kappa shape index (κ1) is 13.5. The Hall–Kier alpha value is -2.46. The number of H-pyrrole nitrogens is 1. The monoisotopic (exact) mass is 300 g/mol. The van der Waals surface area contributed by atoms with Crippen molar-refractivity contribution >= 4 is 11.6 Å². The molecule has 2 aromatic carbocycles. The van der Waals surface area contributed by atoms with Crippen LogP contribution >= 0.6 is 11.6 Å². The van der Waals surface area contributed by atoms with Crippen LogP contribution in [0.3, 0.4) is 0 Å². The average molecular weight is 301 g/mol. The fraction of sp³-hybridized carbons (Fsp3) is 0.0625. The number of benzene rings is 2. The van der Waals surface area contributed by atoms with Crippen molar-refractivity contribution in [1.82, 2.24) is 9.78 Å². The lowest BCUT2D eigenvalue weighted by atomic mass is 10.1. The molecular formula is C16H13ClN2O2. The first-order chi connectivity index (χ1) is 10.2. The maximum atomic E-state index is 11.9. The zero-order chi connectivity index (χ0) is 14.8. The summed E-state index contributed by atoms with van der Waals surface area (Å²) < 4.78 is 6.83. The molecule has 4 nitrogen and oxygen atoms in total. The molecule has 0 spiro atoms. The van der Waals surface area contributed by atoms with Gasteiger partial charge in [-0.2, -0.15) is 0 Å². The van der Waals surface area contributed by atoms with E-state index >= 15 is 0 Å². The molecule has 0 unspecified atom stereocenters. The Balaban J connectivity index is 2.19. The number of ether oxygens (including phenoxy) is 1. The highest BCUT2D eigenvalue weighted by Gasteiger charge is 2.16. The molecule has 3 aromatic rings. The van der Waals surface area contributed by atoms with Gasteiger partial charge >= 0.3 is 0 Å². The molecule has 0 aliphatic rings. The van der Waals surface area contributed by atoms with Crippen molar-refractivity contribution in [3.05, 3.63) is 70.0 Å². The van der Waals surface area contributed by atoms with E-state index < -0.39 is 0 Å². The first-order valence-electron chi connectivity index (χ1n) is 6.41. The fourth-order valence-electron chi connectivity index (χ4n) is 2.19. The second kappa shape index (κ2) is 5.50. The van der Waals surface area contributed by atoms with E-state index in [1.165, 1.54) is 0 Å². The molecule has 1 heterocycles. The normalized spacial score (nSPS) is 10.6. The van der Waals surface area contributed by atoms with E-state index in [1.807, 2.05) is 54.6 Å². The summed E-state index contributed by atoms with van der Waals surface area (Å²) in [5.41, 5.74) is 2.00. The van der Waals surface area contributed by atoms with Gasteiger partial charge in [-0.3, -0.25) is 14.6 Å². The van der Waals surface area contributed by atoms with Gasteiger partial charge in [0.25, 0.3) is 5.56 Å². The van der Waals surface area contributed by atoms with E-state index in [-0.39, 0.29) is 10.6 Å². The highest BCUT2D eigenvalue weighted by Crippen LogP contribution is 2.28. The molecule has 106 valence electrons. The van der Waals surface area contributed by atoms with Crippen molar-refractivity contribution in [2.24, 2.45) is 0 Å². The van der Waals surface area contributed by atoms with Gasteiger partial charge in [0.1, 0.15) is 10.8 Å². The number of hydrogen-bond acceptors (Lipinski definition) is 2. The highest BCUT2D eigenvalue weighted by atomic mass is 35.5. The van der Waals surface area contributed by atoms with Crippen LogP contribution < -0.4 is 10.3 Å². The van der Waals surface area contributed by atoms with Crippen molar-refractivity contribution in [1.29, 1.82) is 0 Å². The smallest absolute Gasteiger partial charge is 0.283 e. The predicted molar refractivity (Wildman–Crippen MR) is 83.4 cm³/mol. The van der Waals surface area contributed by atoms with E-state index in [9.17, 15) is 4.79 Å². The van der Waals surface area contributed by atoms with Crippen molar-refractivity contribution in [2.45, 2.75) is 0 Å². The number of nitrogens with zero attached hydrogens (tertiary/aromatic N) is 1. The molecule has 3 rings (SSSR count). The number of halogens is 1. The van der Waals surface area contributed by atoms with Gasteiger partial charge in [-0.1, -0.05) is 29.8 Å². The number of aromatic amines is 1. The molecule has 0 saturated carbocycles. The van der Waals surface area contributed by atoms with Crippen LogP contribution in [0.15, 0.2) is 59.4 Å². The van der Waals surface area contributed by atoms with Gasteiger partial charge in [-0.25, -0.2) is 0 Å². The number of hydrogen-bond donors (Lipinski definition) is 1. The van der Waals surface area contributed by atoms with E-state index in [1.54, 1.807) is 11.8 Å². The van der Waals surface area contributed by atoms with Crippen molar-refractivity contribution in [2.75, 3.05) is 7.11 Å². The number of rotatable bonds is 3. The Morgan fingerprint density at radius 1 is 1.05 bits per heavy atom. The van der Waals surface area contributed by atoms with Gasteiger partial charge in [0.2, 0.25) is 0 Å². The van der Waals surface area contributed by atoms with Crippen LogP contribution in [0.1, 0.15) is 0 Å². The number of aromatic nitrogens is 2. The molecule has 0 bridgehead atoms. The zero-order valence-corrected chi connectivity index (χ0v) is 12.1. The van der Waals surface area contributed by atoms with E-state index in [0.717, 1.165) is 17.0 Å². The molecule has 21 heavy (non-hydrogen) atoms. The highest BCUT2D eigenvalue weighted by molar-refractivity contribution is 6.33. The summed E-state index contributed by atoms with van der Waals surface area (Å²) in [5, 5.41) is 2.92. The maximum Gasteiger partial charge on any atom is 0.283 e. The molecule has 5 heteroatoms. The second-order valence-corrected chi connectivity index (χ2v) is 4.88. The maximum absolute atomic E-state index is 11.9. The summed E-state index contributed by atoms with van der Waals surface area (Å²) in [4.78, 5) is 11.9. The molecule has 0 fully saturated rings. The number of nitrogens with one attached hydrogen (secondary N) is 1. The van der Waals surface area contributed by atoms with Crippen LogP contribution in [0.4, 0.5) is 0 Å². The van der Waals surface area contributed by atoms with Crippen LogP contribution in [0.5, 0.6) is 5.75 Å². The number of methoxy groups -OCH3 is 1. The van der Waals surface area contributed by atoms with E-state index in [4.69, 9.17) is 16.3 Å². The molecule has 0 saturated heterocycles. The van der Waals surface area contributed by atoms with Gasteiger partial charge in [-0.05, 0) is 36.4 Å². The third-order valence-electron chi connectivity index (χ3n) is 3.22. The van der Waals surface area contributed by atoms with Gasteiger partial charge in [0.15, 0.2) is 0 Å². The van der Waals surface area contributed by atoms with Crippen LogP contribution in [-0.2, 0) is 0 Å². The lowest BCUT2D eigenvalue weighted by Gasteiger charge is -2.09. The topological polar surface area (TPSA) is 47.0 Å². The second-order valence-electron chi connectivity index (χ2n) is 4.50. The Morgan fingerprint density at radius 3 is 2.33 bits per heavy atom. The van der Waals surface area contributed by atoms with Crippen LogP contribution in [0.2, 0.25) is 5.02 Å². The number of para-hydroxylation sites is 1. The first-order valence-corrected chi connectivity index (χ1v) is 6.79. The average Bonchev–Trinajstić information content (AvgIpc) is 2.84. The molecule has 0 radical (unpaired) electrons. The minimum absolute atomic E-state index is 0.170. The summed E-state index contributed by atoms with van der Waals surface area (Å²) in [6, 6.07) is 16.9. The molecule has 1 N–H and O–H groups in total. The summed E-state index contributed by atoms with van der Waals surface area (Å²) in [5.74, 6) is 0.749. The molecule has 0 aliphatic carbocycles. The third-order valence-corrected chi connectivity index (χ3v) is 3.57. The van der Waals surface area contributed by atoms with Gasteiger partial charge in [0.05, 0.1) is 18.5 Å². The lowest BCUT2D eigenvalue weighted by Crippen LogP contribution is -2.04. The van der Waals surface area contributed by atoms with Crippen molar-refractivity contribution in [3.8, 4) is 22.7 Å². The quantitative estimate of drug-likeness (QED) is 0.805. The largest absolute Gasteiger partial charge is 0.497 e. The Labute approximate surface area is 126 Å². The Bertz CT molecular complexity index is 805. The Kier molecular flexibility index (Phi) is 3.54. The molecule has 0 atom stereocenters. The van der Waals surface area contributed by atoms with Gasteiger partial charge < -0.3 is 4.74 Å². The van der Waals surface area contributed by atoms with Crippen molar-refractivity contribution in [3.63, 3.8) is 0 Å². The zero-order valence-electron chi connectivity index (χ0n) is 11.3. The summed E-state index contributed by atoms with van der Waals surface area (Å²) in [7, 11) is 1.61. The summed E-state index contributed by atoms with van der Waals surface area (Å²) >= 11 is 6.18. The standard InChI is InChI=1S/C16H13ClN2O2/c1-21-13-9-7-11(8-10-13)15-14(17)16(20)18-19(15)12-5-3-2-4-6-12/h2-10H,1H3,(H,18,20). The molecule has 0 aliphatic heterocycles. The van der Waals surface area contributed by atoms with Crippen LogP contribution in [0.25, 0.3) is 16.9 Å². The Morgan fingerprint density at radius 2 is 1.71 bits per heavy atom. The predicted octanol–water partition coefficient (Wildman–Crippen LogP) is 3.49. The SMILES string of the molecule is COc1ccc(-c2c(Cl)c(=O)[nH]n2-c2ccccc2)cc1. The van der Waals surface area contributed by atoms with Crippen LogP contribution in [0, 0.1) is 0 Å². The summed E-state index contributed by atoms with van der Waals surface area (Å²) in [6.07, 6.45) is 0. The lowest BCUT2D eigenvalue weighted by molar-refractivity contribution is 0.415. The molecule has 1 aromatic heterocycles. The van der Waals surface area contributed by atoms with Crippen LogP contribution in [-0.4, -0.2) is 16.9 Å².